The standard InChI is InChI=1S/C15H19FN2/c1-2-3-12-4-6-18(7-5-12)15-9-13(11-17)8-14(16)10-15/h8-10,12H,2-7H2,1H3. The molecule has 18 heavy (non-hydrogen) atoms. The van der Waals surface area contributed by atoms with Gasteiger partial charge in [-0.1, -0.05) is 19.8 Å². The summed E-state index contributed by atoms with van der Waals surface area (Å²) in [5.74, 6) is 0.495. The van der Waals surface area contributed by atoms with E-state index in [4.69, 9.17) is 5.26 Å². The molecule has 0 bridgehead atoms. The van der Waals surface area contributed by atoms with E-state index in [1.165, 1.54) is 37.8 Å². The third-order valence-corrected chi connectivity index (χ3v) is 3.69. The van der Waals surface area contributed by atoms with Gasteiger partial charge in [-0.05, 0) is 37.0 Å². The summed E-state index contributed by atoms with van der Waals surface area (Å²) >= 11 is 0. The maximum atomic E-state index is 13.4. The Morgan fingerprint density at radius 3 is 2.67 bits per heavy atom. The zero-order valence-electron chi connectivity index (χ0n) is 10.8. The molecule has 2 rings (SSSR count). The van der Waals surface area contributed by atoms with Crippen molar-refractivity contribution in [2.24, 2.45) is 5.92 Å². The molecule has 0 aliphatic carbocycles. The number of piperidine rings is 1. The molecule has 1 fully saturated rings. The van der Waals surface area contributed by atoms with E-state index in [9.17, 15) is 4.39 Å². The molecule has 1 aromatic carbocycles. The SMILES string of the molecule is CCCC1CCN(c2cc(F)cc(C#N)c2)CC1. The normalized spacial score (nSPS) is 16.6. The van der Waals surface area contributed by atoms with Crippen molar-refractivity contribution >= 4 is 5.69 Å². The summed E-state index contributed by atoms with van der Waals surface area (Å²) in [6.45, 7) is 4.16. The topological polar surface area (TPSA) is 27.0 Å². The summed E-state index contributed by atoms with van der Waals surface area (Å²) < 4.78 is 13.4. The van der Waals surface area contributed by atoms with Crippen LogP contribution in [0.3, 0.4) is 0 Å². The van der Waals surface area contributed by atoms with Gasteiger partial charge in [0.25, 0.3) is 0 Å². The molecule has 0 amide bonds. The third kappa shape index (κ3) is 3.01. The zero-order valence-corrected chi connectivity index (χ0v) is 10.8. The summed E-state index contributed by atoms with van der Waals surface area (Å²) in [6.07, 6.45) is 4.88. The van der Waals surface area contributed by atoms with Crippen molar-refractivity contribution in [3.63, 3.8) is 0 Å². The fraction of sp³-hybridized carbons (Fsp3) is 0.533. The highest BCUT2D eigenvalue weighted by Gasteiger charge is 2.19. The van der Waals surface area contributed by atoms with Gasteiger partial charge in [0.2, 0.25) is 0 Å². The molecule has 1 aromatic rings. The van der Waals surface area contributed by atoms with E-state index < -0.39 is 0 Å². The molecule has 0 radical (unpaired) electrons. The molecule has 0 N–H and O–H groups in total. The summed E-state index contributed by atoms with van der Waals surface area (Å²) in [6, 6.07) is 6.60. The van der Waals surface area contributed by atoms with E-state index in [1.807, 2.05) is 6.07 Å². The number of hydrogen-bond acceptors (Lipinski definition) is 2. The minimum absolute atomic E-state index is 0.320. The summed E-state index contributed by atoms with van der Waals surface area (Å²) in [5.41, 5.74) is 1.25. The lowest BCUT2D eigenvalue weighted by molar-refractivity contribution is 0.378. The zero-order chi connectivity index (χ0) is 13.0. The number of rotatable bonds is 3. The van der Waals surface area contributed by atoms with Crippen LogP contribution in [-0.4, -0.2) is 13.1 Å². The Kier molecular flexibility index (Phi) is 4.19. The number of halogens is 1. The molecule has 0 unspecified atom stereocenters. The van der Waals surface area contributed by atoms with Gasteiger partial charge < -0.3 is 4.90 Å². The van der Waals surface area contributed by atoms with E-state index in [0.717, 1.165) is 24.7 Å². The van der Waals surface area contributed by atoms with Gasteiger partial charge in [0, 0.05) is 18.8 Å². The van der Waals surface area contributed by atoms with E-state index in [1.54, 1.807) is 6.07 Å². The second kappa shape index (κ2) is 5.86. The second-order valence-corrected chi connectivity index (χ2v) is 5.03. The van der Waals surface area contributed by atoms with Crippen LogP contribution in [0.15, 0.2) is 18.2 Å². The van der Waals surface area contributed by atoms with Crippen LogP contribution in [0.4, 0.5) is 10.1 Å². The molecule has 1 heterocycles. The van der Waals surface area contributed by atoms with E-state index in [-0.39, 0.29) is 5.82 Å². The predicted molar refractivity (Wildman–Crippen MR) is 71.0 cm³/mol. The Bertz CT molecular complexity index is 442. The lowest BCUT2D eigenvalue weighted by Gasteiger charge is -2.33. The first-order valence-corrected chi connectivity index (χ1v) is 6.68. The van der Waals surface area contributed by atoms with Crippen molar-refractivity contribution in [2.75, 3.05) is 18.0 Å². The van der Waals surface area contributed by atoms with Crippen LogP contribution in [-0.2, 0) is 0 Å². The largest absolute Gasteiger partial charge is 0.371 e. The lowest BCUT2D eigenvalue weighted by Crippen LogP contribution is -2.33. The second-order valence-electron chi connectivity index (χ2n) is 5.03. The minimum atomic E-state index is -0.320. The fourth-order valence-electron chi connectivity index (χ4n) is 2.71. The first-order chi connectivity index (χ1) is 8.72. The van der Waals surface area contributed by atoms with Crippen LogP contribution in [0.1, 0.15) is 38.2 Å². The molecule has 1 saturated heterocycles. The Morgan fingerprint density at radius 2 is 2.06 bits per heavy atom. The molecule has 1 aliphatic rings. The highest BCUT2D eigenvalue weighted by atomic mass is 19.1. The van der Waals surface area contributed by atoms with Gasteiger partial charge in [0.15, 0.2) is 0 Å². The predicted octanol–water partition coefficient (Wildman–Crippen LogP) is 3.71. The van der Waals surface area contributed by atoms with Crippen LogP contribution < -0.4 is 4.90 Å². The molecule has 0 saturated carbocycles. The molecule has 96 valence electrons. The molecule has 0 atom stereocenters. The smallest absolute Gasteiger partial charge is 0.126 e. The van der Waals surface area contributed by atoms with Crippen LogP contribution >= 0.6 is 0 Å². The Labute approximate surface area is 108 Å². The first kappa shape index (κ1) is 12.9. The van der Waals surface area contributed by atoms with E-state index >= 15 is 0 Å². The molecule has 0 aromatic heterocycles. The summed E-state index contributed by atoms with van der Waals surface area (Å²) in [5, 5.41) is 8.86. The van der Waals surface area contributed by atoms with Gasteiger partial charge in [-0.3, -0.25) is 0 Å². The van der Waals surface area contributed by atoms with Gasteiger partial charge >= 0.3 is 0 Å². The van der Waals surface area contributed by atoms with Gasteiger partial charge in [-0.25, -0.2) is 4.39 Å². The van der Waals surface area contributed by atoms with E-state index in [0.29, 0.717) is 5.56 Å². The van der Waals surface area contributed by atoms with Gasteiger partial charge in [-0.2, -0.15) is 5.26 Å². The van der Waals surface area contributed by atoms with Crippen molar-refractivity contribution in [3.05, 3.63) is 29.6 Å². The summed E-state index contributed by atoms with van der Waals surface area (Å²) in [4.78, 5) is 2.19. The average molecular weight is 246 g/mol. The average Bonchev–Trinajstić information content (AvgIpc) is 2.39. The van der Waals surface area contributed by atoms with Crippen molar-refractivity contribution < 1.29 is 4.39 Å². The number of hydrogen-bond donors (Lipinski definition) is 0. The molecule has 1 aliphatic heterocycles. The number of nitrogens with zero attached hydrogens (tertiary/aromatic N) is 2. The van der Waals surface area contributed by atoms with Crippen LogP contribution in [0.25, 0.3) is 0 Å². The Balaban J connectivity index is 2.05. The molecule has 2 nitrogen and oxygen atoms in total. The maximum absolute atomic E-state index is 13.4. The molecular weight excluding hydrogens is 227 g/mol. The Morgan fingerprint density at radius 1 is 1.33 bits per heavy atom. The van der Waals surface area contributed by atoms with Crippen molar-refractivity contribution in [1.82, 2.24) is 0 Å². The fourth-order valence-corrected chi connectivity index (χ4v) is 2.71. The molecule has 3 heteroatoms. The third-order valence-electron chi connectivity index (χ3n) is 3.69. The highest BCUT2D eigenvalue weighted by molar-refractivity contribution is 5.52. The number of nitriles is 1. The highest BCUT2D eigenvalue weighted by Crippen LogP contribution is 2.27. The van der Waals surface area contributed by atoms with Crippen LogP contribution in [0.2, 0.25) is 0 Å². The van der Waals surface area contributed by atoms with E-state index in [2.05, 4.69) is 11.8 Å². The maximum Gasteiger partial charge on any atom is 0.126 e. The molecule has 0 spiro atoms. The van der Waals surface area contributed by atoms with Gasteiger partial charge in [0.1, 0.15) is 5.82 Å². The van der Waals surface area contributed by atoms with Gasteiger partial charge in [-0.15, -0.1) is 0 Å². The number of benzene rings is 1. The monoisotopic (exact) mass is 246 g/mol. The lowest BCUT2D eigenvalue weighted by atomic mass is 9.92. The Hall–Kier alpha value is -1.56. The van der Waals surface area contributed by atoms with Gasteiger partial charge in [0.05, 0.1) is 11.6 Å². The number of anilines is 1. The minimum Gasteiger partial charge on any atom is -0.371 e. The quantitative estimate of drug-likeness (QED) is 0.812. The first-order valence-electron chi connectivity index (χ1n) is 6.68. The van der Waals surface area contributed by atoms with Crippen molar-refractivity contribution in [2.45, 2.75) is 32.6 Å². The summed E-state index contributed by atoms with van der Waals surface area (Å²) in [7, 11) is 0. The van der Waals surface area contributed by atoms with Crippen LogP contribution in [0, 0.1) is 23.1 Å². The van der Waals surface area contributed by atoms with Crippen molar-refractivity contribution in [1.29, 1.82) is 5.26 Å². The van der Waals surface area contributed by atoms with Crippen molar-refractivity contribution in [3.8, 4) is 6.07 Å². The molecular formula is C15H19FN2. The van der Waals surface area contributed by atoms with Crippen LogP contribution in [0.5, 0.6) is 0 Å².